The Labute approximate surface area is 170 Å². The summed E-state index contributed by atoms with van der Waals surface area (Å²) in [4.78, 5) is 20.7. The number of hydrogen-bond donors (Lipinski definition) is 1. The molecule has 0 aliphatic heterocycles. The number of aromatic nitrogens is 4. The number of aliphatic imine (C=N–C) groups is 1. The predicted molar refractivity (Wildman–Crippen MR) is 107 cm³/mol. The first-order valence-corrected chi connectivity index (χ1v) is 8.82. The lowest BCUT2D eigenvalue weighted by atomic mass is 10.2. The molecule has 0 aliphatic carbocycles. The predicted octanol–water partition coefficient (Wildman–Crippen LogP) is 1.85. The first kappa shape index (κ1) is 20.3. The minimum absolute atomic E-state index is 0.0169. The van der Waals surface area contributed by atoms with Crippen molar-refractivity contribution < 1.29 is 19.1 Å². The van der Waals surface area contributed by atoms with Gasteiger partial charge in [0.2, 0.25) is 17.6 Å². The molecule has 0 saturated heterocycles. The smallest absolute Gasteiger partial charge is 0.266 e. The second-order valence-corrected chi connectivity index (χ2v) is 6.36. The fourth-order valence-corrected chi connectivity index (χ4v) is 2.77. The molecule has 0 radical (unpaired) electrons. The van der Waals surface area contributed by atoms with E-state index >= 15 is 0 Å². The van der Waals surface area contributed by atoms with E-state index in [2.05, 4.69) is 15.1 Å². The fraction of sp³-hybridized carbons (Fsp3) is 0.278. The van der Waals surface area contributed by atoms with Crippen LogP contribution in [0, 0.1) is 4.77 Å². The van der Waals surface area contributed by atoms with Crippen molar-refractivity contribution in [1.29, 1.82) is 0 Å². The van der Waals surface area contributed by atoms with Crippen LogP contribution in [0.1, 0.15) is 11.5 Å². The zero-order chi connectivity index (χ0) is 21.1. The quantitative estimate of drug-likeness (QED) is 0.477. The average Bonchev–Trinajstić information content (AvgIpc) is 3.21. The van der Waals surface area contributed by atoms with Crippen molar-refractivity contribution in [2.75, 3.05) is 14.2 Å². The number of rotatable bonds is 6. The Morgan fingerprint density at radius 3 is 2.66 bits per heavy atom. The molecule has 2 heterocycles. The Morgan fingerprint density at radius 2 is 1.97 bits per heavy atom. The Bertz CT molecular complexity index is 1190. The Hall–Kier alpha value is -3.47. The van der Waals surface area contributed by atoms with Crippen molar-refractivity contribution >= 4 is 18.4 Å². The van der Waals surface area contributed by atoms with Crippen LogP contribution in [-0.4, -0.2) is 44.8 Å². The van der Waals surface area contributed by atoms with Gasteiger partial charge in [0.15, 0.2) is 16.3 Å². The zero-order valence-corrected chi connectivity index (χ0v) is 17.1. The average molecular weight is 417 g/mol. The van der Waals surface area contributed by atoms with Crippen LogP contribution in [0.5, 0.6) is 17.4 Å². The molecule has 3 aromatic rings. The van der Waals surface area contributed by atoms with Gasteiger partial charge < -0.3 is 19.1 Å². The molecule has 0 spiro atoms. The molecule has 11 heteroatoms. The molecule has 0 fully saturated rings. The van der Waals surface area contributed by atoms with Crippen molar-refractivity contribution in [1.82, 2.24) is 19.3 Å². The normalized spacial score (nSPS) is 11.2. The Morgan fingerprint density at radius 1 is 1.24 bits per heavy atom. The van der Waals surface area contributed by atoms with Crippen LogP contribution < -0.4 is 15.0 Å². The monoisotopic (exact) mass is 417 g/mol. The minimum Gasteiger partial charge on any atom is -0.494 e. The number of hydrogen-bond acceptors (Lipinski definition) is 9. The lowest BCUT2D eigenvalue weighted by Gasteiger charge is -2.08. The van der Waals surface area contributed by atoms with Crippen molar-refractivity contribution in [3.8, 4) is 28.8 Å². The Kier molecular flexibility index (Phi) is 5.78. The number of methoxy groups -OCH3 is 2. The van der Waals surface area contributed by atoms with Crippen LogP contribution in [0.15, 0.2) is 32.5 Å². The maximum absolute atomic E-state index is 12.3. The Balaban J connectivity index is 1.82. The summed E-state index contributed by atoms with van der Waals surface area (Å²) < 4.78 is 18.4. The van der Waals surface area contributed by atoms with E-state index < -0.39 is 5.56 Å². The lowest BCUT2D eigenvalue weighted by Crippen LogP contribution is -2.25. The summed E-state index contributed by atoms with van der Waals surface area (Å²) in [7, 11) is 6.17. The molecular formula is C18H19N5O5S. The van der Waals surface area contributed by atoms with Crippen LogP contribution in [0.2, 0.25) is 0 Å². The van der Waals surface area contributed by atoms with Crippen LogP contribution >= 0.6 is 12.2 Å². The molecule has 0 aliphatic rings. The van der Waals surface area contributed by atoms with Crippen molar-refractivity contribution in [2.45, 2.75) is 6.54 Å². The van der Waals surface area contributed by atoms with Crippen molar-refractivity contribution in [2.24, 2.45) is 19.1 Å². The van der Waals surface area contributed by atoms with Gasteiger partial charge in [0.05, 0.1) is 14.2 Å². The largest absolute Gasteiger partial charge is 0.494 e. The summed E-state index contributed by atoms with van der Waals surface area (Å²) in [5, 5.41) is 14.1. The van der Waals surface area contributed by atoms with Crippen LogP contribution in [-0.2, 0) is 20.6 Å². The number of ether oxygens (including phenoxy) is 2. The SMILES string of the molecule is COc1ccc(-c2noc(CN=Cc3c(O)n(C)c(=S)n(C)c3=O)n2)cc1OC. The number of aromatic hydroxyl groups is 1. The van der Waals surface area contributed by atoms with Gasteiger partial charge in [-0.2, -0.15) is 4.98 Å². The van der Waals surface area contributed by atoms with Gasteiger partial charge in [0.1, 0.15) is 12.1 Å². The second kappa shape index (κ2) is 8.27. The third-order valence-corrected chi connectivity index (χ3v) is 4.77. The molecule has 0 amide bonds. The van der Waals surface area contributed by atoms with Gasteiger partial charge in [0.25, 0.3) is 5.56 Å². The van der Waals surface area contributed by atoms with E-state index in [0.717, 1.165) is 0 Å². The maximum atomic E-state index is 12.3. The highest BCUT2D eigenvalue weighted by Gasteiger charge is 2.13. The highest BCUT2D eigenvalue weighted by molar-refractivity contribution is 7.71. The minimum atomic E-state index is -0.453. The van der Waals surface area contributed by atoms with Gasteiger partial charge >= 0.3 is 0 Å². The number of benzene rings is 1. The van der Waals surface area contributed by atoms with Gasteiger partial charge in [-0.25, -0.2) is 0 Å². The fourth-order valence-electron chi connectivity index (χ4n) is 2.60. The highest BCUT2D eigenvalue weighted by atomic mass is 32.1. The molecule has 29 heavy (non-hydrogen) atoms. The summed E-state index contributed by atoms with van der Waals surface area (Å²) in [6.45, 7) is 0.0300. The van der Waals surface area contributed by atoms with Gasteiger partial charge in [-0.15, -0.1) is 0 Å². The van der Waals surface area contributed by atoms with Crippen molar-refractivity contribution in [3.63, 3.8) is 0 Å². The molecule has 0 atom stereocenters. The molecule has 0 unspecified atom stereocenters. The van der Waals surface area contributed by atoms with Gasteiger partial charge in [-0.1, -0.05) is 5.16 Å². The van der Waals surface area contributed by atoms with E-state index in [1.807, 2.05) is 0 Å². The molecular weight excluding hydrogens is 398 g/mol. The van der Waals surface area contributed by atoms with E-state index in [4.69, 9.17) is 26.2 Å². The molecule has 0 bridgehead atoms. The topological polar surface area (TPSA) is 117 Å². The van der Waals surface area contributed by atoms with E-state index in [1.165, 1.54) is 29.5 Å². The van der Waals surface area contributed by atoms with E-state index in [1.54, 1.807) is 32.4 Å². The summed E-state index contributed by atoms with van der Waals surface area (Å²) >= 11 is 5.07. The molecule has 152 valence electrons. The summed E-state index contributed by atoms with van der Waals surface area (Å²) in [6.07, 6.45) is 1.26. The van der Waals surface area contributed by atoms with E-state index in [-0.39, 0.29) is 28.6 Å². The summed E-state index contributed by atoms with van der Waals surface area (Å²) in [5.74, 6) is 1.46. The van der Waals surface area contributed by atoms with Crippen LogP contribution in [0.25, 0.3) is 11.4 Å². The molecule has 3 rings (SSSR count). The third kappa shape index (κ3) is 3.90. The van der Waals surface area contributed by atoms with E-state index in [9.17, 15) is 9.90 Å². The standard InChI is InChI=1S/C18H19N5O5S/c1-22-16(24)11(17(25)23(2)18(22)29)8-19-9-14-20-15(21-28-14)10-5-6-12(26-3)13(7-10)27-4/h5-8,24H,9H2,1-4H3. The third-order valence-electron chi connectivity index (χ3n) is 4.22. The van der Waals surface area contributed by atoms with Crippen LogP contribution in [0.4, 0.5) is 0 Å². The van der Waals surface area contributed by atoms with Crippen LogP contribution in [0.3, 0.4) is 0 Å². The molecule has 2 aromatic heterocycles. The lowest BCUT2D eigenvalue weighted by molar-refractivity contribution is 0.355. The summed E-state index contributed by atoms with van der Waals surface area (Å²) in [5.41, 5.74) is 0.246. The first-order valence-electron chi connectivity index (χ1n) is 8.41. The second-order valence-electron chi connectivity index (χ2n) is 5.99. The van der Waals surface area contributed by atoms with Gasteiger partial charge in [-0.05, 0) is 30.4 Å². The van der Waals surface area contributed by atoms with Gasteiger partial charge in [-0.3, -0.25) is 18.9 Å². The molecule has 1 aromatic carbocycles. The molecule has 0 saturated carbocycles. The summed E-state index contributed by atoms with van der Waals surface area (Å²) in [6, 6.07) is 5.25. The van der Waals surface area contributed by atoms with E-state index in [0.29, 0.717) is 22.9 Å². The molecule has 10 nitrogen and oxygen atoms in total. The van der Waals surface area contributed by atoms with Gasteiger partial charge in [0, 0.05) is 25.9 Å². The first-order chi connectivity index (χ1) is 13.9. The van der Waals surface area contributed by atoms with Crippen molar-refractivity contribution in [3.05, 3.63) is 44.8 Å². The highest BCUT2D eigenvalue weighted by Crippen LogP contribution is 2.31. The molecule has 1 N–H and O–H groups in total. The number of nitrogens with zero attached hydrogens (tertiary/aromatic N) is 5. The zero-order valence-electron chi connectivity index (χ0n) is 16.2. The maximum Gasteiger partial charge on any atom is 0.266 e.